The molecule has 8 heteroatoms. The molecule has 0 radical (unpaired) electrons. The lowest BCUT2D eigenvalue weighted by Crippen LogP contribution is -2.49. The number of carbonyl (C=O) groups is 1. The van der Waals surface area contributed by atoms with Crippen LogP contribution in [0.3, 0.4) is 0 Å². The standard InChI is InChI=1S/C15H18N6OS/c1-10(2)15(3,9-16)19-12(22)8-23-14-18-13(20-21-14)11-4-6-17-7-5-11/h4-7,10H,8H2,1-3H3,(H,19,22)(H,18,20,21)/t15-/m1/s1. The maximum absolute atomic E-state index is 12.0. The first-order valence-corrected chi connectivity index (χ1v) is 8.11. The van der Waals surface area contributed by atoms with E-state index in [1.807, 2.05) is 26.0 Å². The minimum Gasteiger partial charge on any atom is -0.337 e. The first-order valence-electron chi connectivity index (χ1n) is 7.12. The van der Waals surface area contributed by atoms with Crippen molar-refractivity contribution >= 4 is 17.7 Å². The van der Waals surface area contributed by atoms with Crippen molar-refractivity contribution in [3.05, 3.63) is 24.5 Å². The van der Waals surface area contributed by atoms with Crippen LogP contribution < -0.4 is 5.32 Å². The van der Waals surface area contributed by atoms with Crippen molar-refractivity contribution in [3.8, 4) is 17.5 Å². The van der Waals surface area contributed by atoms with Gasteiger partial charge in [-0.2, -0.15) is 5.26 Å². The molecule has 0 unspecified atom stereocenters. The highest BCUT2D eigenvalue weighted by atomic mass is 32.2. The largest absolute Gasteiger partial charge is 0.337 e. The molecule has 1 atom stereocenters. The topological polar surface area (TPSA) is 107 Å². The average molecular weight is 330 g/mol. The minimum absolute atomic E-state index is 0.0169. The smallest absolute Gasteiger partial charge is 0.231 e. The van der Waals surface area contributed by atoms with E-state index in [2.05, 4.69) is 31.6 Å². The molecule has 120 valence electrons. The number of nitrogens with one attached hydrogen (secondary N) is 2. The maximum Gasteiger partial charge on any atom is 0.231 e. The zero-order valence-corrected chi connectivity index (χ0v) is 14.0. The summed E-state index contributed by atoms with van der Waals surface area (Å²) in [7, 11) is 0. The summed E-state index contributed by atoms with van der Waals surface area (Å²) in [5.41, 5.74) is -0.000530. The molecule has 2 heterocycles. The summed E-state index contributed by atoms with van der Waals surface area (Å²) in [5.74, 6) is 0.572. The molecule has 0 aromatic carbocycles. The number of aromatic nitrogens is 4. The summed E-state index contributed by atoms with van der Waals surface area (Å²) in [4.78, 5) is 20.3. The summed E-state index contributed by atoms with van der Waals surface area (Å²) in [6, 6.07) is 5.79. The van der Waals surface area contributed by atoms with Gasteiger partial charge in [0.05, 0.1) is 11.8 Å². The lowest BCUT2D eigenvalue weighted by Gasteiger charge is -2.27. The highest BCUT2D eigenvalue weighted by Gasteiger charge is 2.29. The zero-order valence-electron chi connectivity index (χ0n) is 13.2. The Morgan fingerprint density at radius 3 is 2.78 bits per heavy atom. The van der Waals surface area contributed by atoms with Gasteiger partial charge in [-0.15, -0.1) is 5.10 Å². The monoisotopic (exact) mass is 330 g/mol. The lowest BCUT2D eigenvalue weighted by atomic mass is 9.90. The fourth-order valence-corrected chi connectivity index (χ4v) is 2.31. The maximum atomic E-state index is 12.0. The number of hydrogen-bond donors (Lipinski definition) is 2. The van der Waals surface area contributed by atoms with Crippen molar-refractivity contribution in [1.82, 2.24) is 25.5 Å². The molecule has 2 N–H and O–H groups in total. The van der Waals surface area contributed by atoms with Gasteiger partial charge in [0.15, 0.2) is 5.82 Å². The zero-order chi connectivity index (χ0) is 16.9. The summed E-state index contributed by atoms with van der Waals surface area (Å²) < 4.78 is 0. The molecule has 2 rings (SSSR count). The predicted octanol–water partition coefficient (Wildman–Crippen LogP) is 2.01. The number of aromatic amines is 1. The minimum atomic E-state index is -0.876. The van der Waals surface area contributed by atoms with E-state index in [4.69, 9.17) is 0 Å². The molecular formula is C15H18N6OS. The van der Waals surface area contributed by atoms with E-state index in [1.54, 1.807) is 19.3 Å². The molecule has 0 aliphatic rings. The van der Waals surface area contributed by atoms with Gasteiger partial charge >= 0.3 is 0 Å². The summed E-state index contributed by atoms with van der Waals surface area (Å²) in [6.07, 6.45) is 3.35. The van der Waals surface area contributed by atoms with E-state index >= 15 is 0 Å². The SMILES string of the molecule is CC(C)[C@@](C)(C#N)NC(=O)CSc1n[nH]c(-c2ccncc2)n1. The lowest BCUT2D eigenvalue weighted by molar-refractivity contribution is -0.120. The Morgan fingerprint density at radius 2 is 2.17 bits per heavy atom. The van der Waals surface area contributed by atoms with Crippen LogP contribution in [0.25, 0.3) is 11.4 Å². The van der Waals surface area contributed by atoms with Crippen LogP contribution >= 0.6 is 11.8 Å². The number of amides is 1. The Hall–Kier alpha value is -2.40. The van der Waals surface area contributed by atoms with Crippen molar-refractivity contribution in [2.75, 3.05) is 5.75 Å². The van der Waals surface area contributed by atoms with Crippen molar-refractivity contribution < 1.29 is 4.79 Å². The molecule has 0 aliphatic heterocycles. The number of carbonyl (C=O) groups excluding carboxylic acids is 1. The molecule has 7 nitrogen and oxygen atoms in total. The van der Waals surface area contributed by atoms with Crippen LogP contribution in [-0.4, -0.2) is 37.4 Å². The van der Waals surface area contributed by atoms with Gasteiger partial charge < -0.3 is 5.32 Å². The van der Waals surface area contributed by atoms with Crippen LogP contribution in [-0.2, 0) is 4.79 Å². The third kappa shape index (κ3) is 4.29. The van der Waals surface area contributed by atoms with E-state index in [0.29, 0.717) is 11.0 Å². The molecule has 0 aliphatic carbocycles. The first-order chi connectivity index (χ1) is 10.9. The highest BCUT2D eigenvalue weighted by Crippen LogP contribution is 2.19. The number of pyridine rings is 1. The summed E-state index contributed by atoms with van der Waals surface area (Å²) in [5, 5.41) is 19.4. The number of hydrogen-bond acceptors (Lipinski definition) is 6. The Balaban J connectivity index is 1.93. The van der Waals surface area contributed by atoms with Crippen molar-refractivity contribution in [3.63, 3.8) is 0 Å². The molecule has 0 spiro atoms. The van der Waals surface area contributed by atoms with Crippen LogP contribution in [0.4, 0.5) is 0 Å². The Morgan fingerprint density at radius 1 is 1.48 bits per heavy atom. The van der Waals surface area contributed by atoms with E-state index in [9.17, 15) is 10.1 Å². The molecule has 0 saturated carbocycles. The molecular weight excluding hydrogens is 312 g/mol. The normalized spacial score (nSPS) is 13.3. The molecule has 1 amide bonds. The van der Waals surface area contributed by atoms with Gasteiger partial charge in [0.25, 0.3) is 0 Å². The quantitative estimate of drug-likeness (QED) is 0.785. The van der Waals surface area contributed by atoms with Crippen LogP contribution in [0.15, 0.2) is 29.7 Å². The van der Waals surface area contributed by atoms with Crippen LogP contribution in [0.2, 0.25) is 0 Å². The average Bonchev–Trinajstić information content (AvgIpc) is 3.02. The van der Waals surface area contributed by atoms with Crippen molar-refractivity contribution in [1.29, 1.82) is 5.26 Å². The molecule has 0 fully saturated rings. The number of H-pyrrole nitrogens is 1. The molecule has 2 aromatic heterocycles. The Kier molecular flexibility index (Phi) is 5.34. The fraction of sp³-hybridized carbons (Fsp3) is 0.400. The predicted molar refractivity (Wildman–Crippen MR) is 87.3 cm³/mol. The Bertz CT molecular complexity index is 708. The highest BCUT2D eigenvalue weighted by molar-refractivity contribution is 7.99. The molecule has 2 aromatic rings. The number of nitrogens with zero attached hydrogens (tertiary/aromatic N) is 4. The second kappa shape index (κ2) is 7.24. The number of nitriles is 1. The fourth-order valence-electron chi connectivity index (χ4n) is 1.71. The van der Waals surface area contributed by atoms with Crippen LogP contribution in [0.1, 0.15) is 20.8 Å². The molecule has 0 saturated heterocycles. The van der Waals surface area contributed by atoms with Gasteiger partial charge in [0.2, 0.25) is 11.1 Å². The van der Waals surface area contributed by atoms with Crippen molar-refractivity contribution in [2.45, 2.75) is 31.5 Å². The van der Waals surface area contributed by atoms with Gasteiger partial charge in [-0.25, -0.2) is 4.98 Å². The van der Waals surface area contributed by atoms with Gasteiger partial charge in [0, 0.05) is 18.0 Å². The number of rotatable bonds is 6. The van der Waals surface area contributed by atoms with Crippen molar-refractivity contribution in [2.24, 2.45) is 5.92 Å². The van der Waals surface area contributed by atoms with Crippen LogP contribution in [0.5, 0.6) is 0 Å². The Labute approximate surface area is 138 Å². The third-order valence-corrected chi connectivity index (χ3v) is 4.38. The third-order valence-electron chi connectivity index (χ3n) is 3.54. The summed E-state index contributed by atoms with van der Waals surface area (Å²) >= 11 is 1.22. The van der Waals surface area contributed by atoms with E-state index in [-0.39, 0.29) is 17.6 Å². The van der Waals surface area contributed by atoms with Gasteiger partial charge in [0.1, 0.15) is 5.54 Å². The van der Waals surface area contributed by atoms with E-state index in [1.165, 1.54) is 11.8 Å². The van der Waals surface area contributed by atoms with E-state index in [0.717, 1.165) is 5.56 Å². The van der Waals surface area contributed by atoms with Gasteiger partial charge in [-0.3, -0.25) is 14.9 Å². The second-order valence-corrected chi connectivity index (χ2v) is 6.45. The number of thioether (sulfide) groups is 1. The molecule has 23 heavy (non-hydrogen) atoms. The van der Waals surface area contributed by atoms with Crippen LogP contribution in [0, 0.1) is 17.2 Å². The first kappa shape index (κ1) is 17.0. The molecule has 0 bridgehead atoms. The van der Waals surface area contributed by atoms with Gasteiger partial charge in [-0.05, 0) is 25.0 Å². The second-order valence-electron chi connectivity index (χ2n) is 5.51. The van der Waals surface area contributed by atoms with E-state index < -0.39 is 5.54 Å². The summed E-state index contributed by atoms with van der Waals surface area (Å²) in [6.45, 7) is 5.51. The van der Waals surface area contributed by atoms with Gasteiger partial charge in [-0.1, -0.05) is 25.6 Å².